The maximum absolute atomic E-state index is 8.84. The molecule has 0 bridgehead atoms. The van der Waals surface area contributed by atoms with Crippen LogP contribution in [0.15, 0.2) is 30.3 Å². The first-order chi connectivity index (χ1) is 10.3. The zero-order chi connectivity index (χ0) is 14.9. The average Bonchev–Trinajstić information content (AvgIpc) is 2.52. The Kier molecular flexibility index (Phi) is 5.68. The number of nitrogens with one attached hydrogen (secondary N) is 3. The molecule has 0 saturated heterocycles. The Hall–Kier alpha value is -2.45. The summed E-state index contributed by atoms with van der Waals surface area (Å²) in [6.07, 6.45) is 0. The largest absolute Gasteiger partial charge is 0.395 e. The number of aromatic nitrogens is 3. The van der Waals surface area contributed by atoms with Crippen LogP contribution in [0.3, 0.4) is 0 Å². The van der Waals surface area contributed by atoms with E-state index in [0.29, 0.717) is 30.9 Å². The van der Waals surface area contributed by atoms with Crippen molar-refractivity contribution < 1.29 is 10.2 Å². The number of para-hydroxylation sites is 1. The third-order valence-corrected chi connectivity index (χ3v) is 2.46. The Bertz CT molecular complexity index is 525. The van der Waals surface area contributed by atoms with Crippen molar-refractivity contribution in [2.75, 3.05) is 42.3 Å². The lowest BCUT2D eigenvalue weighted by Gasteiger charge is -2.10. The number of hydrogen-bond acceptors (Lipinski definition) is 8. The fraction of sp³-hybridized carbons (Fsp3) is 0.308. The lowest BCUT2D eigenvalue weighted by molar-refractivity contribution is 0.310. The fourth-order valence-corrected chi connectivity index (χ4v) is 1.58. The van der Waals surface area contributed by atoms with E-state index in [1.807, 2.05) is 30.3 Å². The van der Waals surface area contributed by atoms with Crippen molar-refractivity contribution in [1.29, 1.82) is 0 Å². The van der Waals surface area contributed by atoms with Crippen molar-refractivity contribution in [2.24, 2.45) is 0 Å². The van der Waals surface area contributed by atoms with Crippen LogP contribution in [0.4, 0.5) is 23.5 Å². The van der Waals surface area contributed by atoms with Crippen LogP contribution in [0.2, 0.25) is 0 Å². The third-order valence-electron chi connectivity index (χ3n) is 2.46. The zero-order valence-electron chi connectivity index (χ0n) is 11.5. The van der Waals surface area contributed by atoms with E-state index in [4.69, 9.17) is 10.2 Å². The molecule has 0 atom stereocenters. The van der Waals surface area contributed by atoms with E-state index >= 15 is 0 Å². The maximum Gasteiger partial charge on any atom is 0.233 e. The molecule has 1 heterocycles. The molecule has 112 valence electrons. The summed E-state index contributed by atoms with van der Waals surface area (Å²) in [5, 5.41) is 26.5. The van der Waals surface area contributed by atoms with Gasteiger partial charge in [0.25, 0.3) is 0 Å². The van der Waals surface area contributed by atoms with Crippen molar-refractivity contribution in [2.45, 2.75) is 0 Å². The predicted molar refractivity (Wildman–Crippen MR) is 80.7 cm³/mol. The SMILES string of the molecule is OCCNc1nc(NCCO)nc(Nc2ccccc2)n1. The van der Waals surface area contributed by atoms with Gasteiger partial charge in [-0.3, -0.25) is 0 Å². The first-order valence-corrected chi connectivity index (χ1v) is 6.59. The van der Waals surface area contributed by atoms with Crippen molar-refractivity contribution >= 4 is 23.5 Å². The Morgan fingerprint density at radius 2 is 1.29 bits per heavy atom. The highest BCUT2D eigenvalue weighted by molar-refractivity contribution is 5.55. The molecule has 0 spiro atoms. The highest BCUT2D eigenvalue weighted by Crippen LogP contribution is 2.15. The zero-order valence-corrected chi connectivity index (χ0v) is 11.5. The molecule has 0 unspecified atom stereocenters. The van der Waals surface area contributed by atoms with Gasteiger partial charge in [-0.15, -0.1) is 0 Å². The number of anilines is 4. The van der Waals surface area contributed by atoms with Gasteiger partial charge in [-0.25, -0.2) is 0 Å². The number of rotatable bonds is 8. The lowest BCUT2D eigenvalue weighted by atomic mass is 10.3. The van der Waals surface area contributed by atoms with Crippen LogP contribution in [0.1, 0.15) is 0 Å². The van der Waals surface area contributed by atoms with E-state index in [2.05, 4.69) is 30.9 Å². The van der Waals surface area contributed by atoms with Crippen molar-refractivity contribution in [3.8, 4) is 0 Å². The molecule has 0 saturated carbocycles. The Labute approximate surface area is 122 Å². The summed E-state index contributed by atoms with van der Waals surface area (Å²) >= 11 is 0. The number of benzene rings is 1. The van der Waals surface area contributed by atoms with Gasteiger partial charge in [-0.1, -0.05) is 18.2 Å². The topological polar surface area (TPSA) is 115 Å². The molecule has 0 fully saturated rings. The van der Waals surface area contributed by atoms with Gasteiger partial charge in [0.2, 0.25) is 17.8 Å². The van der Waals surface area contributed by atoms with E-state index in [1.54, 1.807) is 0 Å². The highest BCUT2D eigenvalue weighted by Gasteiger charge is 2.06. The summed E-state index contributed by atoms with van der Waals surface area (Å²) < 4.78 is 0. The van der Waals surface area contributed by atoms with Crippen LogP contribution in [-0.4, -0.2) is 51.5 Å². The molecule has 0 radical (unpaired) electrons. The maximum atomic E-state index is 8.84. The van der Waals surface area contributed by atoms with E-state index in [0.717, 1.165) is 5.69 Å². The smallest absolute Gasteiger partial charge is 0.233 e. The number of aliphatic hydroxyl groups is 2. The Morgan fingerprint density at radius 1 is 0.762 bits per heavy atom. The predicted octanol–water partition coefficient (Wildman–Crippen LogP) is 0.424. The van der Waals surface area contributed by atoms with Crippen molar-refractivity contribution in [1.82, 2.24) is 15.0 Å². The van der Waals surface area contributed by atoms with Gasteiger partial charge >= 0.3 is 0 Å². The molecule has 1 aromatic carbocycles. The quantitative estimate of drug-likeness (QED) is 0.475. The van der Waals surface area contributed by atoms with Gasteiger partial charge < -0.3 is 26.2 Å². The van der Waals surface area contributed by atoms with Crippen LogP contribution in [-0.2, 0) is 0 Å². The lowest BCUT2D eigenvalue weighted by Crippen LogP contribution is -2.14. The fourth-order valence-electron chi connectivity index (χ4n) is 1.58. The summed E-state index contributed by atoms with van der Waals surface area (Å²) in [5.74, 6) is 1.06. The van der Waals surface area contributed by atoms with Gasteiger partial charge in [0.05, 0.1) is 13.2 Å². The molecule has 0 amide bonds. The van der Waals surface area contributed by atoms with Crippen LogP contribution >= 0.6 is 0 Å². The summed E-state index contributed by atoms with van der Waals surface area (Å²) in [7, 11) is 0. The molecular formula is C13H18N6O2. The minimum Gasteiger partial charge on any atom is -0.395 e. The Morgan fingerprint density at radius 3 is 1.81 bits per heavy atom. The summed E-state index contributed by atoms with van der Waals surface area (Å²) in [6, 6.07) is 9.51. The molecule has 21 heavy (non-hydrogen) atoms. The van der Waals surface area contributed by atoms with Crippen LogP contribution < -0.4 is 16.0 Å². The minimum atomic E-state index is -0.0213. The van der Waals surface area contributed by atoms with E-state index in [-0.39, 0.29) is 13.2 Å². The number of hydrogen-bond donors (Lipinski definition) is 5. The molecule has 2 aromatic rings. The van der Waals surface area contributed by atoms with Gasteiger partial charge in [0, 0.05) is 18.8 Å². The van der Waals surface area contributed by atoms with Gasteiger partial charge in [-0.05, 0) is 12.1 Å². The monoisotopic (exact) mass is 290 g/mol. The molecule has 0 aliphatic carbocycles. The molecule has 8 heteroatoms. The van der Waals surface area contributed by atoms with Gasteiger partial charge in [-0.2, -0.15) is 15.0 Å². The van der Waals surface area contributed by atoms with Crippen molar-refractivity contribution in [3.63, 3.8) is 0 Å². The van der Waals surface area contributed by atoms with Crippen LogP contribution in [0.5, 0.6) is 0 Å². The average molecular weight is 290 g/mol. The van der Waals surface area contributed by atoms with Crippen LogP contribution in [0.25, 0.3) is 0 Å². The second kappa shape index (κ2) is 7.98. The highest BCUT2D eigenvalue weighted by atomic mass is 16.3. The summed E-state index contributed by atoms with van der Waals surface area (Å²) in [4.78, 5) is 12.6. The second-order valence-corrected chi connectivity index (χ2v) is 4.10. The third kappa shape index (κ3) is 4.86. The molecule has 0 aliphatic rings. The molecule has 8 nitrogen and oxygen atoms in total. The first kappa shape index (κ1) is 14.9. The molecule has 1 aromatic heterocycles. The first-order valence-electron chi connectivity index (χ1n) is 6.59. The Balaban J connectivity index is 2.17. The second-order valence-electron chi connectivity index (χ2n) is 4.10. The summed E-state index contributed by atoms with van der Waals surface area (Å²) in [6.45, 7) is 0.640. The van der Waals surface area contributed by atoms with E-state index < -0.39 is 0 Å². The van der Waals surface area contributed by atoms with E-state index in [9.17, 15) is 0 Å². The van der Waals surface area contributed by atoms with Gasteiger partial charge in [0.1, 0.15) is 0 Å². The normalized spacial score (nSPS) is 10.2. The molecule has 5 N–H and O–H groups in total. The minimum absolute atomic E-state index is 0.0213. The van der Waals surface area contributed by atoms with Crippen LogP contribution in [0, 0.1) is 0 Å². The standard InChI is InChI=1S/C13H18N6O2/c20-8-6-14-11-17-12(15-7-9-21)19-13(18-11)16-10-4-2-1-3-5-10/h1-5,20-21H,6-9H2,(H3,14,15,16,17,18,19). The molecule has 2 rings (SSSR count). The van der Waals surface area contributed by atoms with E-state index in [1.165, 1.54) is 0 Å². The summed E-state index contributed by atoms with van der Waals surface area (Å²) in [5.41, 5.74) is 0.852. The van der Waals surface area contributed by atoms with Crippen molar-refractivity contribution in [3.05, 3.63) is 30.3 Å². The molecule has 0 aliphatic heterocycles. The van der Waals surface area contributed by atoms with Gasteiger partial charge in [0.15, 0.2) is 0 Å². The number of nitrogens with zero attached hydrogens (tertiary/aromatic N) is 3. The molecular weight excluding hydrogens is 272 g/mol. The number of aliphatic hydroxyl groups excluding tert-OH is 2.